The molecule has 1 aromatic heterocycles. The molecule has 0 radical (unpaired) electrons. The lowest BCUT2D eigenvalue weighted by Crippen LogP contribution is -2.65. The zero-order chi connectivity index (χ0) is 19.6. The number of amides is 2. The van der Waals surface area contributed by atoms with Crippen molar-refractivity contribution in [1.82, 2.24) is 9.80 Å². The predicted octanol–water partition coefficient (Wildman–Crippen LogP) is 2.68. The molecule has 6 rings (SSSR count). The highest BCUT2D eigenvalue weighted by molar-refractivity contribution is 5.91. The summed E-state index contributed by atoms with van der Waals surface area (Å²) >= 11 is 0. The highest BCUT2D eigenvalue weighted by Gasteiger charge is 2.65. The molecule has 2 heterocycles. The summed E-state index contributed by atoms with van der Waals surface area (Å²) in [6.07, 6.45) is 7.96. The number of furan rings is 1. The van der Waals surface area contributed by atoms with E-state index in [4.69, 9.17) is 4.42 Å². The van der Waals surface area contributed by atoms with Crippen molar-refractivity contribution >= 4 is 11.8 Å². The summed E-state index contributed by atoms with van der Waals surface area (Å²) in [5.41, 5.74) is -0.902. The Morgan fingerprint density at radius 3 is 2.50 bits per heavy atom. The van der Waals surface area contributed by atoms with Gasteiger partial charge in [-0.15, -0.1) is 0 Å². The minimum Gasteiger partial charge on any atom is -0.459 e. The summed E-state index contributed by atoms with van der Waals surface area (Å²) in [4.78, 5) is 29.8. The third kappa shape index (κ3) is 2.71. The van der Waals surface area contributed by atoms with Gasteiger partial charge < -0.3 is 19.3 Å². The van der Waals surface area contributed by atoms with Gasteiger partial charge in [-0.3, -0.25) is 9.59 Å². The van der Waals surface area contributed by atoms with E-state index in [0.717, 1.165) is 32.1 Å². The molecule has 4 aliphatic carbocycles. The Morgan fingerprint density at radius 1 is 1.11 bits per heavy atom. The van der Waals surface area contributed by atoms with E-state index in [9.17, 15) is 14.7 Å². The number of piperazine rings is 1. The lowest BCUT2D eigenvalue weighted by Gasteiger charge is -2.65. The molecular formula is C22H30N2O4. The van der Waals surface area contributed by atoms with Crippen LogP contribution in [0.25, 0.3) is 0 Å². The van der Waals surface area contributed by atoms with Gasteiger partial charge in [0.05, 0.1) is 17.3 Å². The maximum absolute atomic E-state index is 13.7. The number of hydrogen-bond donors (Lipinski definition) is 1. The van der Waals surface area contributed by atoms with Crippen LogP contribution in [0.1, 0.15) is 62.4 Å². The van der Waals surface area contributed by atoms with Gasteiger partial charge in [-0.05, 0) is 62.0 Å². The van der Waals surface area contributed by atoms with E-state index in [-0.39, 0.29) is 17.2 Å². The first-order valence-corrected chi connectivity index (χ1v) is 10.7. The third-order valence-electron chi connectivity index (χ3n) is 7.94. The van der Waals surface area contributed by atoms with E-state index in [1.54, 1.807) is 17.0 Å². The average molecular weight is 386 g/mol. The highest BCUT2D eigenvalue weighted by atomic mass is 16.3. The van der Waals surface area contributed by atoms with Gasteiger partial charge in [0.15, 0.2) is 5.76 Å². The Bertz CT molecular complexity index is 784. The molecule has 4 saturated carbocycles. The van der Waals surface area contributed by atoms with Crippen LogP contribution in [0.3, 0.4) is 0 Å². The summed E-state index contributed by atoms with van der Waals surface area (Å²) in [7, 11) is 0. The smallest absolute Gasteiger partial charge is 0.289 e. The number of carbonyl (C=O) groups excluding carboxylic acids is 2. The fraction of sp³-hybridized carbons (Fsp3) is 0.727. The average Bonchev–Trinajstić information content (AvgIpc) is 3.20. The molecule has 152 valence electrons. The van der Waals surface area contributed by atoms with E-state index >= 15 is 0 Å². The zero-order valence-electron chi connectivity index (χ0n) is 16.7. The summed E-state index contributed by atoms with van der Waals surface area (Å²) in [6, 6.07) is 3.40. The van der Waals surface area contributed by atoms with E-state index in [1.165, 1.54) is 12.7 Å². The van der Waals surface area contributed by atoms with Crippen LogP contribution in [0, 0.1) is 16.7 Å². The second-order valence-corrected chi connectivity index (χ2v) is 9.93. The Labute approximate surface area is 165 Å². The third-order valence-corrected chi connectivity index (χ3v) is 7.94. The molecule has 1 saturated heterocycles. The second kappa shape index (κ2) is 6.09. The lowest BCUT2D eigenvalue weighted by atomic mass is 9.42. The maximum Gasteiger partial charge on any atom is 0.289 e. The topological polar surface area (TPSA) is 74.0 Å². The van der Waals surface area contributed by atoms with Crippen LogP contribution in [0.4, 0.5) is 0 Å². The van der Waals surface area contributed by atoms with E-state index in [0.29, 0.717) is 44.3 Å². The Morgan fingerprint density at radius 2 is 1.86 bits per heavy atom. The molecule has 0 spiro atoms. The van der Waals surface area contributed by atoms with Gasteiger partial charge in [-0.25, -0.2) is 0 Å². The van der Waals surface area contributed by atoms with Crippen LogP contribution in [0.15, 0.2) is 22.8 Å². The zero-order valence-corrected chi connectivity index (χ0v) is 16.7. The molecular weight excluding hydrogens is 356 g/mol. The molecule has 2 amide bonds. The molecule has 5 aliphatic rings. The summed E-state index contributed by atoms with van der Waals surface area (Å²) < 4.78 is 5.22. The maximum atomic E-state index is 13.7. The summed E-state index contributed by atoms with van der Waals surface area (Å²) in [5.74, 6) is 0.948. The van der Waals surface area contributed by atoms with Crippen LogP contribution in [-0.2, 0) is 4.79 Å². The van der Waals surface area contributed by atoms with Gasteiger partial charge in [0, 0.05) is 26.2 Å². The molecule has 1 aliphatic heterocycles. The Balaban J connectivity index is 1.30. The molecule has 6 heteroatoms. The van der Waals surface area contributed by atoms with Crippen LogP contribution >= 0.6 is 0 Å². The van der Waals surface area contributed by atoms with Crippen LogP contribution in [0.2, 0.25) is 0 Å². The second-order valence-electron chi connectivity index (χ2n) is 9.93. The van der Waals surface area contributed by atoms with Crippen molar-refractivity contribution in [2.45, 2.75) is 57.5 Å². The van der Waals surface area contributed by atoms with Gasteiger partial charge >= 0.3 is 0 Å². The number of nitrogens with zero attached hydrogens (tertiary/aromatic N) is 2. The monoisotopic (exact) mass is 386 g/mol. The SMILES string of the molecule is CCC12CC3CC(O)(C1)CC(C(=O)N1CCN(C(=O)c4ccco4)CC1)(C3)C2. The molecule has 0 aromatic carbocycles. The first kappa shape index (κ1) is 18.2. The van der Waals surface area contributed by atoms with E-state index in [1.807, 2.05) is 4.90 Å². The standard InChI is InChI=1S/C22H30N2O4/c1-2-20-10-16-11-21(13-20,15-22(27,12-16)14-20)19(26)24-7-5-23(6-8-24)18(25)17-4-3-9-28-17/h3-4,9,16,27H,2,5-8,10-15H2,1H3. The fourth-order valence-electron chi connectivity index (χ4n) is 7.22. The van der Waals surface area contributed by atoms with Crippen molar-refractivity contribution in [3.63, 3.8) is 0 Å². The van der Waals surface area contributed by atoms with Gasteiger partial charge in [0.1, 0.15) is 0 Å². The van der Waals surface area contributed by atoms with E-state index < -0.39 is 11.0 Å². The molecule has 1 N–H and O–H groups in total. The highest BCUT2D eigenvalue weighted by Crippen LogP contribution is 2.68. The van der Waals surface area contributed by atoms with Gasteiger partial charge in [0.25, 0.3) is 5.91 Å². The Hall–Kier alpha value is -1.82. The minimum atomic E-state index is -0.651. The summed E-state index contributed by atoms with van der Waals surface area (Å²) in [6.45, 7) is 4.42. The van der Waals surface area contributed by atoms with Crippen molar-refractivity contribution in [2.75, 3.05) is 26.2 Å². The molecule has 28 heavy (non-hydrogen) atoms. The molecule has 1 aromatic rings. The molecule has 4 bridgehead atoms. The number of hydrogen-bond acceptors (Lipinski definition) is 4. The molecule has 6 nitrogen and oxygen atoms in total. The quantitative estimate of drug-likeness (QED) is 0.867. The first-order chi connectivity index (χ1) is 13.4. The van der Waals surface area contributed by atoms with Crippen molar-refractivity contribution in [3.05, 3.63) is 24.2 Å². The minimum absolute atomic E-state index is 0.105. The fourth-order valence-corrected chi connectivity index (χ4v) is 7.22. The van der Waals surface area contributed by atoms with Crippen LogP contribution < -0.4 is 0 Å². The van der Waals surface area contributed by atoms with Gasteiger partial charge in [-0.1, -0.05) is 13.3 Å². The van der Waals surface area contributed by atoms with Crippen LogP contribution in [-0.4, -0.2) is 58.5 Å². The largest absolute Gasteiger partial charge is 0.459 e. The van der Waals surface area contributed by atoms with Crippen molar-refractivity contribution in [3.8, 4) is 0 Å². The lowest BCUT2D eigenvalue weighted by molar-refractivity contribution is -0.210. The summed E-state index contributed by atoms with van der Waals surface area (Å²) in [5, 5.41) is 11.2. The number of rotatable bonds is 3. The van der Waals surface area contributed by atoms with Gasteiger partial charge in [0.2, 0.25) is 5.91 Å². The number of aliphatic hydroxyl groups is 1. The van der Waals surface area contributed by atoms with E-state index in [2.05, 4.69) is 6.92 Å². The predicted molar refractivity (Wildman–Crippen MR) is 102 cm³/mol. The molecule has 5 fully saturated rings. The number of carbonyl (C=O) groups is 2. The van der Waals surface area contributed by atoms with Gasteiger partial charge in [-0.2, -0.15) is 0 Å². The Kier molecular flexibility index (Phi) is 3.96. The van der Waals surface area contributed by atoms with Crippen LogP contribution in [0.5, 0.6) is 0 Å². The van der Waals surface area contributed by atoms with Crippen molar-refractivity contribution in [1.29, 1.82) is 0 Å². The van der Waals surface area contributed by atoms with Crippen molar-refractivity contribution < 1.29 is 19.1 Å². The normalized spacial score (nSPS) is 39.4. The first-order valence-electron chi connectivity index (χ1n) is 10.7. The molecule has 4 unspecified atom stereocenters. The molecule has 4 atom stereocenters. The van der Waals surface area contributed by atoms with Crippen molar-refractivity contribution in [2.24, 2.45) is 16.7 Å².